The molecule has 2 aromatic rings. The zero-order valence-corrected chi connectivity index (χ0v) is 7.99. The first kappa shape index (κ1) is 8.88. The Bertz CT molecular complexity index is 475. The summed E-state index contributed by atoms with van der Waals surface area (Å²) in [6.07, 6.45) is 0.842. The van der Waals surface area contributed by atoms with Crippen LogP contribution in [0.2, 0.25) is 0 Å². The molecule has 0 bridgehead atoms. The van der Waals surface area contributed by atoms with Crippen LogP contribution >= 0.6 is 0 Å². The second kappa shape index (κ2) is 3.22. The lowest BCUT2D eigenvalue weighted by Gasteiger charge is -2.07. The third-order valence-electron chi connectivity index (χ3n) is 2.46. The molecule has 2 nitrogen and oxygen atoms in total. The molecule has 0 aromatic heterocycles. The second-order valence-electron chi connectivity index (χ2n) is 3.30. The molecule has 0 fully saturated rings. The zero-order valence-electron chi connectivity index (χ0n) is 7.99. The molecule has 2 aromatic carbocycles. The number of rotatable bonds is 1. The summed E-state index contributed by atoms with van der Waals surface area (Å²) < 4.78 is 0. The summed E-state index contributed by atoms with van der Waals surface area (Å²) >= 11 is 0. The summed E-state index contributed by atoms with van der Waals surface area (Å²) in [5, 5.41) is 20.8. The van der Waals surface area contributed by atoms with Crippen LogP contribution in [0.15, 0.2) is 30.3 Å². The quantitative estimate of drug-likeness (QED) is 0.675. The molecule has 0 aliphatic carbocycles. The van der Waals surface area contributed by atoms with Gasteiger partial charge in [0.15, 0.2) is 11.5 Å². The SMILES string of the molecule is CCc1cccc2ccc(O)c(O)c12. The predicted molar refractivity (Wildman–Crippen MR) is 56.7 cm³/mol. The van der Waals surface area contributed by atoms with Gasteiger partial charge in [0.2, 0.25) is 0 Å². The van der Waals surface area contributed by atoms with Crippen molar-refractivity contribution in [2.24, 2.45) is 0 Å². The number of benzene rings is 2. The zero-order chi connectivity index (χ0) is 10.1. The monoisotopic (exact) mass is 188 g/mol. The predicted octanol–water partition coefficient (Wildman–Crippen LogP) is 2.81. The van der Waals surface area contributed by atoms with Crippen molar-refractivity contribution in [3.63, 3.8) is 0 Å². The van der Waals surface area contributed by atoms with Crippen LogP contribution in [0.25, 0.3) is 10.8 Å². The maximum Gasteiger partial charge on any atom is 0.165 e. The van der Waals surface area contributed by atoms with E-state index in [9.17, 15) is 10.2 Å². The molecule has 0 saturated carbocycles. The van der Waals surface area contributed by atoms with Gasteiger partial charge in [-0.2, -0.15) is 0 Å². The summed E-state index contributed by atoms with van der Waals surface area (Å²) in [5.41, 5.74) is 1.05. The van der Waals surface area contributed by atoms with Crippen LogP contribution in [-0.4, -0.2) is 10.2 Å². The van der Waals surface area contributed by atoms with E-state index in [2.05, 4.69) is 0 Å². The molecule has 0 spiro atoms. The summed E-state index contributed by atoms with van der Waals surface area (Å²) in [4.78, 5) is 0. The standard InChI is InChI=1S/C12H12O2/c1-2-8-4-3-5-9-6-7-10(13)12(14)11(8)9/h3-7,13-14H,2H2,1H3. The summed E-state index contributed by atoms with van der Waals surface area (Å²) in [7, 11) is 0. The van der Waals surface area contributed by atoms with E-state index in [-0.39, 0.29) is 11.5 Å². The molecular weight excluding hydrogens is 176 g/mol. The first-order valence-electron chi connectivity index (χ1n) is 4.66. The third kappa shape index (κ3) is 1.20. The number of aryl methyl sites for hydroxylation is 1. The molecule has 0 atom stereocenters. The lowest BCUT2D eigenvalue weighted by molar-refractivity contribution is 0.408. The lowest BCUT2D eigenvalue weighted by Crippen LogP contribution is -1.84. The Hall–Kier alpha value is -1.70. The normalized spacial score (nSPS) is 10.6. The lowest BCUT2D eigenvalue weighted by atomic mass is 10.0. The molecule has 0 saturated heterocycles. The van der Waals surface area contributed by atoms with Gasteiger partial charge in [0, 0.05) is 5.39 Å². The van der Waals surface area contributed by atoms with Gasteiger partial charge >= 0.3 is 0 Å². The Balaban J connectivity index is 2.89. The fourth-order valence-electron chi connectivity index (χ4n) is 1.72. The van der Waals surface area contributed by atoms with Gasteiger partial charge in [-0.05, 0) is 23.4 Å². The van der Waals surface area contributed by atoms with E-state index in [1.54, 1.807) is 0 Å². The highest BCUT2D eigenvalue weighted by atomic mass is 16.3. The van der Waals surface area contributed by atoms with Crippen LogP contribution in [0.5, 0.6) is 11.5 Å². The van der Waals surface area contributed by atoms with Gasteiger partial charge in [0.05, 0.1) is 0 Å². The fraction of sp³-hybridized carbons (Fsp3) is 0.167. The van der Waals surface area contributed by atoms with Crippen LogP contribution in [0, 0.1) is 0 Å². The van der Waals surface area contributed by atoms with Crippen molar-refractivity contribution in [2.45, 2.75) is 13.3 Å². The van der Waals surface area contributed by atoms with Crippen molar-refractivity contribution in [2.75, 3.05) is 0 Å². The third-order valence-corrected chi connectivity index (χ3v) is 2.46. The van der Waals surface area contributed by atoms with Crippen LogP contribution in [-0.2, 0) is 6.42 Å². The molecule has 0 aliphatic heterocycles. The molecule has 2 rings (SSSR count). The molecular formula is C12H12O2. The number of fused-ring (bicyclic) bond motifs is 1. The fourth-order valence-corrected chi connectivity index (χ4v) is 1.72. The van der Waals surface area contributed by atoms with Crippen molar-refractivity contribution in [1.82, 2.24) is 0 Å². The number of phenolic OH excluding ortho intramolecular Hbond substituents is 2. The van der Waals surface area contributed by atoms with Gasteiger partial charge in [0.1, 0.15) is 0 Å². The molecule has 0 unspecified atom stereocenters. The maximum absolute atomic E-state index is 9.72. The number of hydrogen-bond acceptors (Lipinski definition) is 2. The molecule has 2 N–H and O–H groups in total. The molecule has 0 radical (unpaired) electrons. The topological polar surface area (TPSA) is 40.5 Å². The minimum Gasteiger partial charge on any atom is -0.504 e. The van der Waals surface area contributed by atoms with Gasteiger partial charge in [-0.3, -0.25) is 0 Å². The van der Waals surface area contributed by atoms with E-state index >= 15 is 0 Å². The Kier molecular flexibility index (Phi) is 2.04. The largest absolute Gasteiger partial charge is 0.504 e. The Morgan fingerprint density at radius 2 is 1.86 bits per heavy atom. The van der Waals surface area contributed by atoms with Gasteiger partial charge in [-0.15, -0.1) is 0 Å². The Morgan fingerprint density at radius 3 is 2.57 bits per heavy atom. The molecule has 0 aliphatic rings. The highest BCUT2D eigenvalue weighted by Gasteiger charge is 2.07. The van der Waals surface area contributed by atoms with Crippen molar-refractivity contribution in [1.29, 1.82) is 0 Å². The van der Waals surface area contributed by atoms with Crippen molar-refractivity contribution < 1.29 is 10.2 Å². The Morgan fingerprint density at radius 1 is 1.07 bits per heavy atom. The number of aromatic hydroxyl groups is 2. The van der Waals surface area contributed by atoms with Gasteiger partial charge in [-0.25, -0.2) is 0 Å². The van der Waals surface area contributed by atoms with Gasteiger partial charge < -0.3 is 10.2 Å². The van der Waals surface area contributed by atoms with Crippen molar-refractivity contribution in [3.05, 3.63) is 35.9 Å². The summed E-state index contributed by atoms with van der Waals surface area (Å²) in [6, 6.07) is 9.16. The van der Waals surface area contributed by atoms with Crippen molar-refractivity contribution >= 4 is 10.8 Å². The Labute approximate surface area is 82.4 Å². The van der Waals surface area contributed by atoms with Gasteiger partial charge in [-0.1, -0.05) is 31.2 Å². The van der Waals surface area contributed by atoms with E-state index < -0.39 is 0 Å². The van der Waals surface area contributed by atoms with Gasteiger partial charge in [0.25, 0.3) is 0 Å². The average molecular weight is 188 g/mol. The van der Waals surface area contributed by atoms with Crippen LogP contribution in [0.1, 0.15) is 12.5 Å². The first-order chi connectivity index (χ1) is 6.74. The highest BCUT2D eigenvalue weighted by molar-refractivity contribution is 5.93. The smallest absolute Gasteiger partial charge is 0.165 e. The molecule has 2 heteroatoms. The summed E-state index contributed by atoms with van der Waals surface area (Å²) in [5.74, 6) is -0.0710. The molecule has 0 heterocycles. The number of hydrogen-bond donors (Lipinski definition) is 2. The van der Waals surface area contributed by atoms with Crippen molar-refractivity contribution in [3.8, 4) is 11.5 Å². The van der Waals surface area contributed by atoms with E-state index in [0.29, 0.717) is 0 Å². The maximum atomic E-state index is 9.72. The molecule has 0 amide bonds. The first-order valence-corrected chi connectivity index (χ1v) is 4.66. The molecule has 72 valence electrons. The average Bonchev–Trinajstić information content (AvgIpc) is 2.23. The second-order valence-corrected chi connectivity index (χ2v) is 3.30. The number of phenols is 2. The van der Waals surface area contributed by atoms with Crippen LogP contribution < -0.4 is 0 Å². The van der Waals surface area contributed by atoms with E-state index in [0.717, 1.165) is 22.8 Å². The minimum atomic E-state index is -0.0570. The highest BCUT2D eigenvalue weighted by Crippen LogP contribution is 2.35. The van der Waals surface area contributed by atoms with Crippen LogP contribution in [0.3, 0.4) is 0 Å². The van der Waals surface area contributed by atoms with E-state index in [1.807, 2.05) is 31.2 Å². The van der Waals surface area contributed by atoms with Crippen LogP contribution in [0.4, 0.5) is 0 Å². The van der Waals surface area contributed by atoms with E-state index in [1.165, 1.54) is 6.07 Å². The molecule has 14 heavy (non-hydrogen) atoms. The minimum absolute atomic E-state index is 0.0139. The summed E-state index contributed by atoms with van der Waals surface area (Å²) in [6.45, 7) is 2.03. The van der Waals surface area contributed by atoms with E-state index in [4.69, 9.17) is 0 Å².